The second kappa shape index (κ2) is 6.08. The average Bonchev–Trinajstić information content (AvgIpc) is 3.06. The number of nitrogens with one attached hydrogen (secondary N) is 2. The number of hydrogen-bond donors (Lipinski definition) is 2. The number of fused-ring (bicyclic) bond motifs is 1. The molecule has 3 aromatic carbocycles. The number of aryl methyl sites for hydroxylation is 1. The number of hydrogen-bond acceptors (Lipinski definition) is 3. The lowest BCUT2D eigenvalue weighted by molar-refractivity contribution is 0.482. The second-order valence-electron chi connectivity index (χ2n) is 5.65. The van der Waals surface area contributed by atoms with Crippen LogP contribution in [-0.4, -0.2) is 9.97 Å². The van der Waals surface area contributed by atoms with Crippen LogP contribution in [0, 0.1) is 6.92 Å². The Balaban J connectivity index is 1.55. The Hall–Kier alpha value is -3.27. The smallest absolute Gasteiger partial charge is 0.127 e. The molecule has 0 saturated carbocycles. The first-order valence-electron chi connectivity index (χ1n) is 7.82. The number of benzene rings is 3. The topological polar surface area (TPSA) is 49.9 Å². The minimum absolute atomic E-state index is 0.826. The first-order chi connectivity index (χ1) is 11.8. The van der Waals surface area contributed by atoms with Gasteiger partial charge in [-0.1, -0.05) is 18.2 Å². The number of para-hydroxylation sites is 1. The van der Waals surface area contributed by atoms with Crippen LogP contribution in [0.1, 0.15) is 5.56 Å². The third-order valence-corrected chi connectivity index (χ3v) is 3.88. The Morgan fingerprint density at radius 2 is 1.79 bits per heavy atom. The molecule has 0 spiro atoms. The Kier molecular flexibility index (Phi) is 3.63. The van der Waals surface area contributed by atoms with Crippen LogP contribution in [0.3, 0.4) is 0 Å². The van der Waals surface area contributed by atoms with Gasteiger partial charge < -0.3 is 15.0 Å². The molecule has 2 N–H and O–H groups in total. The van der Waals surface area contributed by atoms with E-state index in [4.69, 9.17) is 4.74 Å². The predicted molar refractivity (Wildman–Crippen MR) is 97.1 cm³/mol. The van der Waals surface area contributed by atoms with Crippen molar-refractivity contribution in [3.05, 3.63) is 78.6 Å². The zero-order chi connectivity index (χ0) is 16.4. The second-order valence-corrected chi connectivity index (χ2v) is 5.65. The van der Waals surface area contributed by atoms with Gasteiger partial charge in [0.25, 0.3) is 0 Å². The molecule has 4 aromatic rings. The minimum atomic E-state index is 0.826. The van der Waals surface area contributed by atoms with E-state index in [0.29, 0.717) is 0 Å². The van der Waals surface area contributed by atoms with Crippen LogP contribution in [-0.2, 0) is 0 Å². The summed E-state index contributed by atoms with van der Waals surface area (Å²) in [7, 11) is 0. The number of nitrogens with zero attached hydrogens (tertiary/aromatic N) is 1. The molecule has 24 heavy (non-hydrogen) atoms. The SMILES string of the molecule is Cc1cc(Oc2ccccc2)ccc1Nc1ccc2[nH]cnc2c1. The van der Waals surface area contributed by atoms with Crippen molar-refractivity contribution in [3.63, 3.8) is 0 Å². The molecule has 0 aliphatic heterocycles. The number of aromatic nitrogens is 2. The molecule has 0 fully saturated rings. The number of H-pyrrole nitrogens is 1. The highest BCUT2D eigenvalue weighted by atomic mass is 16.5. The molecule has 0 amide bonds. The molecule has 4 nitrogen and oxygen atoms in total. The molecule has 0 unspecified atom stereocenters. The highest BCUT2D eigenvalue weighted by Gasteiger charge is 2.04. The summed E-state index contributed by atoms with van der Waals surface area (Å²) in [4.78, 5) is 7.39. The van der Waals surface area contributed by atoms with E-state index >= 15 is 0 Å². The first kappa shape index (κ1) is 14.3. The molecule has 0 radical (unpaired) electrons. The van der Waals surface area contributed by atoms with E-state index in [0.717, 1.165) is 39.5 Å². The van der Waals surface area contributed by atoms with Gasteiger partial charge >= 0.3 is 0 Å². The lowest BCUT2D eigenvalue weighted by Gasteiger charge is -2.12. The van der Waals surface area contributed by atoms with Gasteiger partial charge in [0, 0.05) is 11.4 Å². The quantitative estimate of drug-likeness (QED) is 0.529. The summed E-state index contributed by atoms with van der Waals surface area (Å²) in [6.07, 6.45) is 1.70. The number of imidazole rings is 1. The fraction of sp³-hybridized carbons (Fsp3) is 0.0500. The van der Waals surface area contributed by atoms with Crippen LogP contribution in [0.15, 0.2) is 73.1 Å². The van der Waals surface area contributed by atoms with Gasteiger partial charge in [0.2, 0.25) is 0 Å². The highest BCUT2D eigenvalue weighted by Crippen LogP contribution is 2.28. The third kappa shape index (κ3) is 2.94. The molecular formula is C20H17N3O. The summed E-state index contributed by atoms with van der Waals surface area (Å²) < 4.78 is 5.87. The van der Waals surface area contributed by atoms with Crippen molar-refractivity contribution in [2.45, 2.75) is 6.92 Å². The molecule has 1 heterocycles. The third-order valence-electron chi connectivity index (χ3n) is 3.88. The van der Waals surface area contributed by atoms with Crippen molar-refractivity contribution in [2.24, 2.45) is 0 Å². The van der Waals surface area contributed by atoms with E-state index in [1.54, 1.807) is 6.33 Å². The maximum absolute atomic E-state index is 5.87. The van der Waals surface area contributed by atoms with Crippen molar-refractivity contribution < 1.29 is 4.74 Å². The van der Waals surface area contributed by atoms with E-state index < -0.39 is 0 Å². The standard InChI is InChI=1S/C20H17N3O/c1-14-11-17(24-16-5-3-2-4-6-16)8-10-18(14)23-15-7-9-19-20(12-15)22-13-21-19/h2-13,23H,1H3,(H,21,22). The van der Waals surface area contributed by atoms with Crippen molar-refractivity contribution in [1.82, 2.24) is 9.97 Å². The van der Waals surface area contributed by atoms with E-state index in [-0.39, 0.29) is 0 Å². The Labute approximate surface area is 140 Å². The molecule has 1 aromatic heterocycles. The van der Waals surface area contributed by atoms with Crippen LogP contribution < -0.4 is 10.1 Å². The first-order valence-corrected chi connectivity index (χ1v) is 7.82. The number of aromatic amines is 1. The van der Waals surface area contributed by atoms with Gasteiger partial charge in [-0.15, -0.1) is 0 Å². The van der Waals surface area contributed by atoms with Gasteiger partial charge in [0.15, 0.2) is 0 Å². The molecule has 0 saturated heterocycles. The Morgan fingerprint density at radius 3 is 2.62 bits per heavy atom. The number of anilines is 2. The lowest BCUT2D eigenvalue weighted by atomic mass is 10.1. The van der Waals surface area contributed by atoms with Gasteiger partial charge in [-0.3, -0.25) is 0 Å². The highest BCUT2D eigenvalue weighted by molar-refractivity contribution is 5.80. The van der Waals surface area contributed by atoms with Gasteiger partial charge in [0.05, 0.1) is 17.4 Å². The molecule has 4 heteroatoms. The van der Waals surface area contributed by atoms with E-state index in [9.17, 15) is 0 Å². The zero-order valence-corrected chi connectivity index (χ0v) is 13.3. The van der Waals surface area contributed by atoms with E-state index in [1.165, 1.54) is 0 Å². The van der Waals surface area contributed by atoms with Crippen LogP contribution in [0.2, 0.25) is 0 Å². The maximum atomic E-state index is 5.87. The molecule has 118 valence electrons. The van der Waals surface area contributed by atoms with E-state index in [2.05, 4.69) is 22.2 Å². The average molecular weight is 315 g/mol. The molecule has 0 atom stereocenters. The van der Waals surface area contributed by atoms with Crippen molar-refractivity contribution in [1.29, 1.82) is 0 Å². The summed E-state index contributed by atoms with van der Waals surface area (Å²) >= 11 is 0. The maximum Gasteiger partial charge on any atom is 0.127 e. The minimum Gasteiger partial charge on any atom is -0.457 e. The molecule has 0 aliphatic rings. The summed E-state index contributed by atoms with van der Waals surface area (Å²) in [6, 6.07) is 21.9. The number of rotatable bonds is 4. The Morgan fingerprint density at radius 1 is 0.917 bits per heavy atom. The zero-order valence-electron chi connectivity index (χ0n) is 13.3. The molecule has 4 rings (SSSR count). The van der Waals surface area contributed by atoms with Gasteiger partial charge in [0.1, 0.15) is 11.5 Å². The van der Waals surface area contributed by atoms with Crippen LogP contribution in [0.5, 0.6) is 11.5 Å². The van der Waals surface area contributed by atoms with Crippen molar-refractivity contribution >= 4 is 22.4 Å². The molecular weight excluding hydrogens is 298 g/mol. The van der Waals surface area contributed by atoms with Crippen LogP contribution >= 0.6 is 0 Å². The van der Waals surface area contributed by atoms with Crippen LogP contribution in [0.4, 0.5) is 11.4 Å². The Bertz CT molecular complexity index is 977. The summed E-state index contributed by atoms with van der Waals surface area (Å²) in [5.74, 6) is 1.66. The summed E-state index contributed by atoms with van der Waals surface area (Å²) in [5.41, 5.74) is 5.15. The monoisotopic (exact) mass is 315 g/mol. The lowest BCUT2D eigenvalue weighted by Crippen LogP contribution is -1.94. The van der Waals surface area contributed by atoms with Gasteiger partial charge in [-0.25, -0.2) is 4.98 Å². The van der Waals surface area contributed by atoms with Gasteiger partial charge in [-0.05, 0) is 61.0 Å². The van der Waals surface area contributed by atoms with Crippen molar-refractivity contribution in [3.8, 4) is 11.5 Å². The number of ether oxygens (including phenoxy) is 1. The van der Waals surface area contributed by atoms with Gasteiger partial charge in [-0.2, -0.15) is 0 Å². The normalized spacial score (nSPS) is 10.7. The van der Waals surface area contributed by atoms with Crippen LogP contribution in [0.25, 0.3) is 11.0 Å². The summed E-state index contributed by atoms with van der Waals surface area (Å²) in [5, 5.41) is 3.44. The van der Waals surface area contributed by atoms with E-state index in [1.807, 2.05) is 66.7 Å². The van der Waals surface area contributed by atoms with Crippen molar-refractivity contribution in [2.75, 3.05) is 5.32 Å². The molecule has 0 aliphatic carbocycles. The molecule has 0 bridgehead atoms. The fourth-order valence-corrected chi connectivity index (χ4v) is 2.63. The summed E-state index contributed by atoms with van der Waals surface area (Å²) in [6.45, 7) is 2.06. The largest absolute Gasteiger partial charge is 0.457 e. The predicted octanol–water partition coefficient (Wildman–Crippen LogP) is 5.41. The fourth-order valence-electron chi connectivity index (χ4n) is 2.63.